The molecule has 88 valence electrons. The Morgan fingerprint density at radius 2 is 2.06 bits per heavy atom. The van der Waals surface area contributed by atoms with Crippen LogP contribution < -0.4 is 5.32 Å². The molecule has 3 heteroatoms. The van der Waals surface area contributed by atoms with E-state index < -0.39 is 5.38 Å². The van der Waals surface area contributed by atoms with E-state index in [-0.39, 0.29) is 5.91 Å². The zero-order valence-electron chi connectivity index (χ0n) is 9.58. The van der Waals surface area contributed by atoms with E-state index >= 15 is 0 Å². The highest BCUT2D eigenvalue weighted by atomic mass is 35.5. The summed E-state index contributed by atoms with van der Waals surface area (Å²) in [6.07, 6.45) is 2.46. The van der Waals surface area contributed by atoms with E-state index in [1.54, 1.807) is 0 Å². The van der Waals surface area contributed by atoms with Gasteiger partial charge in [-0.1, -0.05) is 37.3 Å². The Hall–Kier alpha value is -1.02. The molecule has 0 saturated heterocycles. The molecular formula is C13H18ClNO. The number of nitrogens with one attached hydrogen (secondary N) is 1. The average molecular weight is 240 g/mol. The number of carbonyl (C=O) groups is 1. The van der Waals surface area contributed by atoms with Crippen molar-refractivity contribution in [2.75, 3.05) is 6.54 Å². The van der Waals surface area contributed by atoms with Crippen molar-refractivity contribution in [1.82, 2.24) is 5.32 Å². The predicted molar refractivity (Wildman–Crippen MR) is 67.7 cm³/mol. The molecule has 2 nitrogen and oxygen atoms in total. The van der Waals surface area contributed by atoms with E-state index in [1.165, 1.54) is 5.56 Å². The van der Waals surface area contributed by atoms with Crippen LogP contribution in [0.15, 0.2) is 30.3 Å². The normalized spacial score (nSPS) is 12.1. The van der Waals surface area contributed by atoms with Gasteiger partial charge in [0.15, 0.2) is 0 Å². The van der Waals surface area contributed by atoms with Crippen molar-refractivity contribution >= 4 is 17.5 Å². The minimum Gasteiger partial charge on any atom is -0.355 e. The summed E-state index contributed by atoms with van der Waals surface area (Å²) in [5, 5.41) is 2.37. The molecule has 0 aliphatic heterocycles. The Bertz CT molecular complexity index is 313. The van der Waals surface area contributed by atoms with Crippen LogP contribution in [0.4, 0.5) is 0 Å². The first-order valence-electron chi connectivity index (χ1n) is 5.69. The van der Waals surface area contributed by atoms with Gasteiger partial charge in [0.2, 0.25) is 5.91 Å². The van der Waals surface area contributed by atoms with Crippen LogP contribution in [-0.2, 0) is 11.2 Å². The van der Waals surface area contributed by atoms with Crippen LogP contribution in [0.1, 0.15) is 25.3 Å². The number of carbonyl (C=O) groups excluding carboxylic acids is 1. The van der Waals surface area contributed by atoms with E-state index in [0.29, 0.717) is 13.0 Å². The summed E-state index contributed by atoms with van der Waals surface area (Å²) in [7, 11) is 0. The molecule has 1 aromatic carbocycles. The number of hydrogen-bond donors (Lipinski definition) is 1. The van der Waals surface area contributed by atoms with E-state index in [2.05, 4.69) is 5.32 Å². The molecule has 0 fully saturated rings. The Morgan fingerprint density at radius 3 is 2.69 bits per heavy atom. The van der Waals surface area contributed by atoms with Gasteiger partial charge in [0.05, 0.1) is 0 Å². The van der Waals surface area contributed by atoms with Gasteiger partial charge < -0.3 is 5.32 Å². The maximum Gasteiger partial charge on any atom is 0.238 e. The van der Waals surface area contributed by atoms with Crippen LogP contribution in [0.2, 0.25) is 0 Å². The first-order chi connectivity index (χ1) is 7.74. The molecule has 1 atom stereocenters. The molecule has 0 radical (unpaired) electrons. The molecule has 1 rings (SSSR count). The van der Waals surface area contributed by atoms with Gasteiger partial charge in [-0.3, -0.25) is 4.79 Å². The first-order valence-corrected chi connectivity index (χ1v) is 6.13. The molecule has 1 N–H and O–H groups in total. The molecule has 1 unspecified atom stereocenters. The molecule has 0 spiro atoms. The SMILES string of the molecule is CCCNC(=O)C(Cl)CCc1ccccc1. The molecule has 0 aliphatic rings. The van der Waals surface area contributed by atoms with Gasteiger partial charge in [-0.2, -0.15) is 0 Å². The van der Waals surface area contributed by atoms with Crippen molar-refractivity contribution in [1.29, 1.82) is 0 Å². The number of rotatable bonds is 6. The third-order valence-corrected chi connectivity index (χ3v) is 2.78. The fraction of sp³-hybridized carbons (Fsp3) is 0.462. The van der Waals surface area contributed by atoms with Gasteiger partial charge >= 0.3 is 0 Å². The Morgan fingerprint density at radius 1 is 1.38 bits per heavy atom. The third-order valence-electron chi connectivity index (χ3n) is 2.36. The molecule has 0 bridgehead atoms. The van der Waals surface area contributed by atoms with Gasteiger partial charge in [0.1, 0.15) is 5.38 Å². The maximum absolute atomic E-state index is 11.5. The fourth-order valence-electron chi connectivity index (χ4n) is 1.43. The number of benzene rings is 1. The largest absolute Gasteiger partial charge is 0.355 e. The Labute approximate surface area is 102 Å². The van der Waals surface area contributed by atoms with Crippen molar-refractivity contribution in [3.63, 3.8) is 0 Å². The van der Waals surface area contributed by atoms with Crippen LogP contribution >= 0.6 is 11.6 Å². The summed E-state index contributed by atoms with van der Waals surface area (Å²) in [5.74, 6) is -0.0561. The van der Waals surface area contributed by atoms with Gasteiger partial charge in [-0.15, -0.1) is 11.6 Å². The second-order valence-electron chi connectivity index (χ2n) is 3.78. The summed E-state index contributed by atoms with van der Waals surface area (Å²) >= 11 is 6.00. The summed E-state index contributed by atoms with van der Waals surface area (Å²) < 4.78 is 0. The highest BCUT2D eigenvalue weighted by molar-refractivity contribution is 6.30. The van der Waals surface area contributed by atoms with Crippen molar-refractivity contribution in [3.05, 3.63) is 35.9 Å². The van der Waals surface area contributed by atoms with E-state index in [1.807, 2.05) is 37.3 Å². The number of aryl methyl sites for hydroxylation is 1. The zero-order chi connectivity index (χ0) is 11.8. The van der Waals surface area contributed by atoms with Gasteiger partial charge in [0, 0.05) is 6.54 Å². The molecule has 16 heavy (non-hydrogen) atoms. The standard InChI is InChI=1S/C13H18ClNO/c1-2-10-15-13(16)12(14)9-8-11-6-4-3-5-7-11/h3-7,12H,2,8-10H2,1H3,(H,15,16). The number of halogens is 1. The topological polar surface area (TPSA) is 29.1 Å². The van der Waals surface area contributed by atoms with Gasteiger partial charge in [-0.25, -0.2) is 0 Å². The summed E-state index contributed by atoms with van der Waals surface area (Å²) in [5.41, 5.74) is 1.22. The molecule has 0 saturated carbocycles. The van der Waals surface area contributed by atoms with Crippen LogP contribution in [0.3, 0.4) is 0 Å². The minimum atomic E-state index is -0.424. The molecule has 0 aliphatic carbocycles. The maximum atomic E-state index is 11.5. The van der Waals surface area contributed by atoms with E-state index in [0.717, 1.165) is 12.8 Å². The Kier molecular flexibility index (Phi) is 5.94. The average Bonchev–Trinajstić information content (AvgIpc) is 2.34. The lowest BCUT2D eigenvalue weighted by Crippen LogP contribution is -2.32. The quantitative estimate of drug-likeness (QED) is 0.760. The lowest BCUT2D eigenvalue weighted by Gasteiger charge is -2.09. The zero-order valence-corrected chi connectivity index (χ0v) is 10.3. The van der Waals surface area contributed by atoms with E-state index in [4.69, 9.17) is 11.6 Å². The van der Waals surface area contributed by atoms with Crippen molar-refractivity contribution < 1.29 is 4.79 Å². The first kappa shape index (κ1) is 13.0. The van der Waals surface area contributed by atoms with Crippen LogP contribution in [0.25, 0.3) is 0 Å². The molecular weight excluding hydrogens is 222 g/mol. The predicted octanol–water partition coefficient (Wildman–Crippen LogP) is 2.75. The summed E-state index contributed by atoms with van der Waals surface area (Å²) in [4.78, 5) is 11.5. The number of alkyl halides is 1. The number of amides is 1. The second-order valence-corrected chi connectivity index (χ2v) is 4.31. The monoisotopic (exact) mass is 239 g/mol. The van der Waals surface area contributed by atoms with Crippen LogP contribution in [0, 0.1) is 0 Å². The lowest BCUT2D eigenvalue weighted by molar-refractivity contribution is -0.120. The highest BCUT2D eigenvalue weighted by Crippen LogP contribution is 2.09. The molecule has 0 heterocycles. The Balaban J connectivity index is 2.29. The summed E-state index contributed by atoms with van der Waals surface area (Å²) in [6, 6.07) is 10.1. The van der Waals surface area contributed by atoms with Crippen molar-refractivity contribution in [2.45, 2.75) is 31.6 Å². The molecule has 1 amide bonds. The lowest BCUT2D eigenvalue weighted by atomic mass is 10.1. The smallest absolute Gasteiger partial charge is 0.238 e. The second kappa shape index (κ2) is 7.29. The minimum absolute atomic E-state index is 0.0561. The molecule has 1 aromatic rings. The van der Waals surface area contributed by atoms with Crippen molar-refractivity contribution in [2.24, 2.45) is 0 Å². The molecule has 0 aromatic heterocycles. The van der Waals surface area contributed by atoms with Crippen LogP contribution in [0.5, 0.6) is 0 Å². The number of hydrogen-bond acceptors (Lipinski definition) is 1. The summed E-state index contributed by atoms with van der Waals surface area (Å²) in [6.45, 7) is 2.72. The van der Waals surface area contributed by atoms with Crippen molar-refractivity contribution in [3.8, 4) is 0 Å². The third kappa shape index (κ3) is 4.67. The van der Waals surface area contributed by atoms with Gasteiger partial charge in [-0.05, 0) is 24.8 Å². The highest BCUT2D eigenvalue weighted by Gasteiger charge is 2.13. The van der Waals surface area contributed by atoms with Gasteiger partial charge in [0.25, 0.3) is 0 Å². The van der Waals surface area contributed by atoms with Crippen LogP contribution in [-0.4, -0.2) is 17.8 Å². The fourth-order valence-corrected chi connectivity index (χ4v) is 1.61. The van der Waals surface area contributed by atoms with E-state index in [9.17, 15) is 4.79 Å².